The quantitative estimate of drug-likeness (QED) is 0.661. The number of hydrogen-bond acceptors (Lipinski definition) is 6. The minimum atomic E-state index is -0.373. The lowest BCUT2D eigenvalue weighted by molar-refractivity contribution is -0.136. The molecule has 0 N–H and O–H groups in total. The number of fused-ring (bicyclic) bond motifs is 1. The zero-order valence-corrected chi connectivity index (χ0v) is 18.3. The van der Waals surface area contributed by atoms with Crippen molar-refractivity contribution in [3.63, 3.8) is 0 Å². The van der Waals surface area contributed by atoms with Gasteiger partial charge in [0.2, 0.25) is 5.91 Å². The summed E-state index contributed by atoms with van der Waals surface area (Å²) >= 11 is 1.52. The summed E-state index contributed by atoms with van der Waals surface area (Å²) in [5.74, 6) is -0.235. The SMILES string of the molecule is CCC1=C(C(=O)OC)C(c2ccccc2)N2C(CC(=O)N3CCCCC3)=CSC2=N1. The Morgan fingerprint density at radius 3 is 2.57 bits per heavy atom. The molecule has 3 heterocycles. The Labute approximate surface area is 181 Å². The molecule has 0 spiro atoms. The molecule has 1 fully saturated rings. The first-order chi connectivity index (χ1) is 14.6. The van der Waals surface area contributed by atoms with Gasteiger partial charge in [-0.15, -0.1) is 0 Å². The molecule has 1 saturated heterocycles. The molecule has 0 saturated carbocycles. The fraction of sp³-hybridized carbons (Fsp3) is 0.435. The van der Waals surface area contributed by atoms with E-state index in [0.717, 1.165) is 48.1 Å². The second-order valence-corrected chi connectivity index (χ2v) is 8.46. The van der Waals surface area contributed by atoms with E-state index in [1.165, 1.54) is 25.3 Å². The second-order valence-electron chi connectivity index (χ2n) is 7.63. The minimum Gasteiger partial charge on any atom is -0.466 e. The van der Waals surface area contributed by atoms with E-state index in [1.807, 2.05) is 52.5 Å². The number of likely N-dealkylation sites (tertiary alicyclic amines) is 1. The summed E-state index contributed by atoms with van der Waals surface area (Å²) in [6.07, 6.45) is 4.27. The van der Waals surface area contributed by atoms with E-state index >= 15 is 0 Å². The van der Waals surface area contributed by atoms with Gasteiger partial charge in [-0.3, -0.25) is 4.79 Å². The molecule has 0 aromatic heterocycles. The van der Waals surface area contributed by atoms with Crippen molar-refractivity contribution in [1.82, 2.24) is 9.80 Å². The van der Waals surface area contributed by atoms with E-state index in [9.17, 15) is 9.59 Å². The zero-order chi connectivity index (χ0) is 21.1. The lowest BCUT2D eigenvalue weighted by atomic mass is 9.93. The summed E-state index contributed by atoms with van der Waals surface area (Å²) < 4.78 is 5.14. The molecule has 1 aromatic rings. The lowest BCUT2D eigenvalue weighted by Gasteiger charge is -2.37. The van der Waals surface area contributed by atoms with Gasteiger partial charge in [-0.1, -0.05) is 49.0 Å². The first kappa shape index (κ1) is 20.7. The summed E-state index contributed by atoms with van der Waals surface area (Å²) in [6, 6.07) is 9.56. The molecule has 30 heavy (non-hydrogen) atoms. The molecule has 1 unspecified atom stereocenters. The second kappa shape index (κ2) is 9.08. The Kier molecular flexibility index (Phi) is 6.27. The monoisotopic (exact) mass is 425 g/mol. The lowest BCUT2D eigenvalue weighted by Crippen LogP contribution is -2.40. The molecule has 1 amide bonds. The maximum absolute atomic E-state index is 13.0. The number of carbonyl (C=O) groups is 2. The standard InChI is InChI=1S/C23H27N3O3S/c1-3-18-20(22(28)29-2)21(16-10-6-4-7-11-16)26-17(15-30-23(26)24-18)14-19(27)25-12-8-5-9-13-25/h4,6-7,10-11,15,21H,3,5,8-9,12-14H2,1-2H3. The minimum absolute atomic E-state index is 0.138. The molecule has 6 nitrogen and oxygen atoms in total. The summed E-state index contributed by atoms with van der Waals surface area (Å²) in [4.78, 5) is 34.5. The summed E-state index contributed by atoms with van der Waals surface area (Å²) in [7, 11) is 1.40. The van der Waals surface area contributed by atoms with Gasteiger partial charge in [-0.2, -0.15) is 0 Å². The molecule has 1 aromatic carbocycles. The maximum Gasteiger partial charge on any atom is 0.338 e. The Balaban J connectivity index is 1.70. The van der Waals surface area contributed by atoms with Crippen molar-refractivity contribution in [1.29, 1.82) is 0 Å². The van der Waals surface area contributed by atoms with Gasteiger partial charge >= 0.3 is 5.97 Å². The van der Waals surface area contributed by atoms with Crippen LogP contribution >= 0.6 is 11.8 Å². The number of hydrogen-bond donors (Lipinski definition) is 0. The molecule has 1 atom stereocenters. The molecule has 0 radical (unpaired) electrons. The summed E-state index contributed by atoms with van der Waals surface area (Å²) in [5, 5.41) is 2.82. The first-order valence-electron chi connectivity index (χ1n) is 10.5. The number of thioether (sulfide) groups is 1. The maximum atomic E-state index is 13.0. The average Bonchev–Trinajstić information content (AvgIpc) is 3.20. The van der Waals surface area contributed by atoms with Crippen LogP contribution in [0.4, 0.5) is 0 Å². The Hall–Kier alpha value is -2.54. The topological polar surface area (TPSA) is 62.2 Å². The van der Waals surface area contributed by atoms with E-state index in [2.05, 4.69) is 0 Å². The molecule has 0 aliphatic carbocycles. The van der Waals surface area contributed by atoms with Crippen LogP contribution in [0, 0.1) is 0 Å². The number of benzene rings is 1. The third kappa shape index (κ3) is 3.90. The highest BCUT2D eigenvalue weighted by Crippen LogP contribution is 2.45. The molecule has 4 rings (SSSR count). The van der Waals surface area contributed by atoms with Crippen molar-refractivity contribution >= 4 is 28.8 Å². The third-order valence-electron chi connectivity index (χ3n) is 5.79. The Morgan fingerprint density at radius 2 is 1.90 bits per heavy atom. The van der Waals surface area contributed by atoms with Crippen LogP contribution in [0.3, 0.4) is 0 Å². The first-order valence-corrected chi connectivity index (χ1v) is 11.4. The van der Waals surface area contributed by atoms with Crippen molar-refractivity contribution < 1.29 is 14.3 Å². The highest BCUT2D eigenvalue weighted by atomic mass is 32.2. The number of rotatable bonds is 5. The molecule has 158 valence electrons. The van der Waals surface area contributed by atoms with Crippen LogP contribution in [0.2, 0.25) is 0 Å². The molecule has 3 aliphatic heterocycles. The number of allylic oxidation sites excluding steroid dienone is 1. The number of piperidine rings is 1. The van der Waals surface area contributed by atoms with Gasteiger partial charge in [0.05, 0.1) is 30.8 Å². The van der Waals surface area contributed by atoms with E-state index in [-0.39, 0.29) is 17.9 Å². The summed E-state index contributed by atoms with van der Waals surface area (Å²) in [6.45, 7) is 3.65. The number of aliphatic imine (C=N–C) groups is 1. The molecular weight excluding hydrogens is 398 g/mol. The van der Waals surface area contributed by atoms with E-state index in [4.69, 9.17) is 9.73 Å². The Morgan fingerprint density at radius 1 is 1.17 bits per heavy atom. The van der Waals surface area contributed by atoms with Crippen molar-refractivity contribution in [2.75, 3.05) is 20.2 Å². The van der Waals surface area contributed by atoms with Crippen LogP contribution in [0.5, 0.6) is 0 Å². The number of nitrogens with zero attached hydrogens (tertiary/aromatic N) is 3. The molecule has 0 bridgehead atoms. The number of ether oxygens (including phenoxy) is 1. The van der Waals surface area contributed by atoms with Gasteiger partial charge in [-0.25, -0.2) is 9.79 Å². The average molecular weight is 426 g/mol. The number of methoxy groups -OCH3 is 1. The molecular formula is C23H27N3O3S. The van der Waals surface area contributed by atoms with E-state index in [0.29, 0.717) is 18.4 Å². The third-order valence-corrected chi connectivity index (χ3v) is 6.67. The van der Waals surface area contributed by atoms with Crippen LogP contribution in [-0.4, -0.2) is 47.0 Å². The van der Waals surface area contributed by atoms with E-state index < -0.39 is 0 Å². The van der Waals surface area contributed by atoms with Crippen molar-refractivity contribution in [3.8, 4) is 0 Å². The fourth-order valence-electron chi connectivity index (χ4n) is 4.27. The number of carbonyl (C=O) groups excluding carboxylic acids is 2. The highest BCUT2D eigenvalue weighted by Gasteiger charge is 2.41. The summed E-state index contributed by atoms with van der Waals surface area (Å²) in [5.41, 5.74) is 3.16. The van der Waals surface area contributed by atoms with Crippen LogP contribution in [0.25, 0.3) is 0 Å². The zero-order valence-electron chi connectivity index (χ0n) is 17.5. The van der Waals surface area contributed by atoms with Gasteiger partial charge < -0.3 is 14.5 Å². The van der Waals surface area contributed by atoms with Crippen LogP contribution < -0.4 is 0 Å². The van der Waals surface area contributed by atoms with Gasteiger partial charge in [0.1, 0.15) is 0 Å². The highest BCUT2D eigenvalue weighted by molar-refractivity contribution is 8.16. The Bertz CT molecular complexity index is 917. The van der Waals surface area contributed by atoms with Crippen molar-refractivity contribution in [2.24, 2.45) is 4.99 Å². The van der Waals surface area contributed by atoms with Crippen LogP contribution in [0.1, 0.15) is 50.6 Å². The predicted molar refractivity (Wildman–Crippen MR) is 119 cm³/mol. The molecule has 3 aliphatic rings. The molecule has 7 heteroatoms. The fourth-order valence-corrected chi connectivity index (χ4v) is 5.21. The van der Waals surface area contributed by atoms with Gasteiger partial charge in [0, 0.05) is 18.8 Å². The van der Waals surface area contributed by atoms with Gasteiger partial charge in [0.15, 0.2) is 5.17 Å². The largest absolute Gasteiger partial charge is 0.466 e. The van der Waals surface area contributed by atoms with Gasteiger partial charge in [-0.05, 0) is 36.7 Å². The van der Waals surface area contributed by atoms with Crippen LogP contribution in [-0.2, 0) is 14.3 Å². The van der Waals surface area contributed by atoms with Crippen molar-refractivity contribution in [2.45, 2.75) is 45.1 Å². The number of amides is 1. The van der Waals surface area contributed by atoms with Crippen molar-refractivity contribution in [3.05, 3.63) is 58.3 Å². The van der Waals surface area contributed by atoms with E-state index in [1.54, 1.807) is 0 Å². The predicted octanol–water partition coefficient (Wildman–Crippen LogP) is 4.23. The number of amidine groups is 1. The van der Waals surface area contributed by atoms with Gasteiger partial charge in [0.25, 0.3) is 0 Å². The normalized spacial score (nSPS) is 21.2. The number of esters is 1. The smallest absolute Gasteiger partial charge is 0.338 e. The van der Waals surface area contributed by atoms with Crippen LogP contribution in [0.15, 0.2) is 57.7 Å².